The number of piperazine rings is 1. The Balaban J connectivity index is 1.31. The zero-order valence-corrected chi connectivity index (χ0v) is 16.8. The average molecular weight is 439 g/mol. The van der Waals surface area contributed by atoms with Gasteiger partial charge in [-0.15, -0.1) is 13.2 Å². The summed E-state index contributed by atoms with van der Waals surface area (Å²) < 4.78 is 43.3. The fourth-order valence-electron chi connectivity index (χ4n) is 3.46. The van der Waals surface area contributed by atoms with E-state index in [9.17, 15) is 18.0 Å². The van der Waals surface area contributed by atoms with Gasteiger partial charge in [0.1, 0.15) is 5.75 Å². The maximum Gasteiger partial charge on any atom is 0.573 e. The zero-order valence-electron chi connectivity index (χ0n) is 16.0. The van der Waals surface area contributed by atoms with Crippen molar-refractivity contribution >= 4 is 27.6 Å². The Kier molecular flexibility index (Phi) is 5.91. The summed E-state index contributed by atoms with van der Waals surface area (Å²) in [7, 11) is 0. The molecule has 1 fully saturated rings. The number of hydrogen-bond donors (Lipinski definition) is 0. The molecule has 0 aliphatic carbocycles. The number of aromatic nitrogens is 3. The number of anilines is 1. The number of fused-ring (bicyclic) bond motifs is 1. The molecule has 1 saturated heterocycles. The van der Waals surface area contributed by atoms with Crippen LogP contribution in [0, 0.1) is 0 Å². The molecule has 0 N–H and O–H groups in total. The smallest absolute Gasteiger partial charge is 0.406 e. The lowest BCUT2D eigenvalue weighted by Gasteiger charge is -2.34. The maximum absolute atomic E-state index is 12.5. The van der Waals surface area contributed by atoms with Crippen molar-refractivity contribution in [2.75, 3.05) is 37.6 Å². The first-order valence-corrected chi connectivity index (χ1v) is 10.3. The summed E-state index contributed by atoms with van der Waals surface area (Å²) in [4.78, 5) is 25.6. The Hall–Kier alpha value is -2.66. The summed E-state index contributed by atoms with van der Waals surface area (Å²) >= 11 is 1.26. The minimum Gasteiger partial charge on any atom is -0.406 e. The number of alkyl halides is 3. The average Bonchev–Trinajstić information content (AvgIpc) is 3.03. The normalized spacial score (nSPS) is 15.6. The third-order valence-electron chi connectivity index (χ3n) is 4.89. The second kappa shape index (κ2) is 8.60. The van der Waals surface area contributed by atoms with Gasteiger partial charge in [-0.3, -0.25) is 13.7 Å². The molecule has 2 aromatic heterocycles. The van der Waals surface area contributed by atoms with Crippen molar-refractivity contribution in [2.45, 2.75) is 19.3 Å². The van der Waals surface area contributed by atoms with E-state index in [1.165, 1.54) is 23.7 Å². The Labute approximate surface area is 174 Å². The molecule has 0 saturated carbocycles. The minimum absolute atomic E-state index is 0.248. The summed E-state index contributed by atoms with van der Waals surface area (Å²) in [6.07, 6.45) is -0.537. The van der Waals surface area contributed by atoms with Crippen LogP contribution in [0.5, 0.6) is 5.75 Å². The number of aryl methyl sites for hydroxylation is 1. The Morgan fingerprint density at radius 3 is 2.50 bits per heavy atom. The number of ether oxygens (including phenoxy) is 1. The molecule has 0 unspecified atom stereocenters. The highest BCUT2D eigenvalue weighted by molar-refractivity contribution is 7.13. The second-order valence-electron chi connectivity index (χ2n) is 6.94. The predicted molar refractivity (Wildman–Crippen MR) is 108 cm³/mol. The van der Waals surface area contributed by atoms with Crippen LogP contribution in [0.15, 0.2) is 41.5 Å². The van der Waals surface area contributed by atoms with E-state index in [-0.39, 0.29) is 16.7 Å². The van der Waals surface area contributed by atoms with E-state index in [1.54, 1.807) is 22.4 Å². The summed E-state index contributed by atoms with van der Waals surface area (Å²) in [5.41, 5.74) is -0.284. The zero-order chi connectivity index (χ0) is 21.1. The van der Waals surface area contributed by atoms with Gasteiger partial charge >= 0.3 is 6.36 Å². The molecule has 7 nitrogen and oxygen atoms in total. The lowest BCUT2D eigenvalue weighted by Crippen LogP contribution is -2.47. The van der Waals surface area contributed by atoms with Crippen molar-refractivity contribution in [1.82, 2.24) is 18.8 Å². The first-order valence-electron chi connectivity index (χ1n) is 9.53. The molecule has 4 rings (SSSR count). The van der Waals surface area contributed by atoms with E-state index in [1.807, 2.05) is 0 Å². The van der Waals surface area contributed by atoms with Gasteiger partial charge in [0.05, 0.1) is 10.1 Å². The molecule has 1 aromatic carbocycles. The number of nitrogens with zero attached hydrogens (tertiary/aromatic N) is 5. The molecule has 11 heteroatoms. The van der Waals surface area contributed by atoms with Crippen molar-refractivity contribution < 1.29 is 17.9 Å². The standard InChI is InChI=1S/C19H20F3N5O2S/c20-19(21,22)29-14-3-4-16-15(13-14)17(28)27(30-16)8-2-7-25-9-11-26(12-10-25)18-23-5-1-6-24-18/h1,3-6,13H,2,7-12H2. The number of benzene rings is 1. The van der Waals surface area contributed by atoms with Crippen LogP contribution >= 0.6 is 11.5 Å². The Bertz CT molecular complexity index is 1050. The van der Waals surface area contributed by atoms with Gasteiger partial charge < -0.3 is 9.64 Å². The van der Waals surface area contributed by atoms with Crippen molar-refractivity contribution in [1.29, 1.82) is 0 Å². The monoisotopic (exact) mass is 439 g/mol. The van der Waals surface area contributed by atoms with Gasteiger partial charge in [-0.1, -0.05) is 11.5 Å². The van der Waals surface area contributed by atoms with Crippen molar-refractivity contribution in [2.24, 2.45) is 0 Å². The molecule has 0 radical (unpaired) electrons. The lowest BCUT2D eigenvalue weighted by molar-refractivity contribution is -0.274. The van der Waals surface area contributed by atoms with Crippen LogP contribution in [0.4, 0.5) is 19.1 Å². The minimum atomic E-state index is -4.78. The highest BCUT2D eigenvalue weighted by Crippen LogP contribution is 2.27. The van der Waals surface area contributed by atoms with E-state index < -0.39 is 6.36 Å². The molecule has 1 aliphatic heterocycles. The van der Waals surface area contributed by atoms with Gasteiger partial charge in [0.25, 0.3) is 5.56 Å². The second-order valence-corrected chi connectivity index (χ2v) is 8.00. The molecule has 0 atom stereocenters. The van der Waals surface area contributed by atoms with Gasteiger partial charge in [0.15, 0.2) is 0 Å². The van der Waals surface area contributed by atoms with Crippen LogP contribution in [0.2, 0.25) is 0 Å². The third-order valence-corrected chi connectivity index (χ3v) is 6.01. The number of rotatable bonds is 6. The van der Waals surface area contributed by atoms with Crippen LogP contribution in [0.3, 0.4) is 0 Å². The molecular weight excluding hydrogens is 419 g/mol. The molecule has 0 amide bonds. The van der Waals surface area contributed by atoms with Crippen LogP contribution in [0.25, 0.3) is 10.1 Å². The van der Waals surface area contributed by atoms with Crippen molar-refractivity contribution in [3.63, 3.8) is 0 Å². The molecule has 30 heavy (non-hydrogen) atoms. The molecule has 1 aliphatic rings. The number of hydrogen-bond acceptors (Lipinski definition) is 7. The molecule has 0 bridgehead atoms. The quantitative estimate of drug-likeness (QED) is 0.589. The van der Waals surface area contributed by atoms with Gasteiger partial charge in [-0.05, 0) is 30.7 Å². The lowest BCUT2D eigenvalue weighted by atomic mass is 10.2. The van der Waals surface area contributed by atoms with Gasteiger partial charge in [0, 0.05) is 51.7 Å². The SMILES string of the molecule is O=c1c2cc(OC(F)(F)F)ccc2sn1CCCN1CCN(c2ncccn2)CC1. The van der Waals surface area contributed by atoms with E-state index in [0.29, 0.717) is 11.2 Å². The van der Waals surface area contributed by atoms with Gasteiger partial charge in [-0.2, -0.15) is 0 Å². The summed E-state index contributed by atoms with van der Waals surface area (Å²) in [5.74, 6) is 0.361. The van der Waals surface area contributed by atoms with E-state index in [2.05, 4.69) is 24.5 Å². The first kappa shape index (κ1) is 20.6. The third kappa shape index (κ3) is 4.90. The molecule has 3 heterocycles. The van der Waals surface area contributed by atoms with Crippen LogP contribution in [-0.4, -0.2) is 57.9 Å². The number of halogens is 3. The highest BCUT2D eigenvalue weighted by Gasteiger charge is 2.31. The predicted octanol–water partition coefficient (Wildman–Crippen LogP) is 2.96. The summed E-state index contributed by atoms with van der Waals surface area (Å²) in [6.45, 7) is 4.82. The largest absolute Gasteiger partial charge is 0.573 e. The molecule has 3 aromatic rings. The van der Waals surface area contributed by atoms with Gasteiger partial charge in [-0.25, -0.2) is 9.97 Å². The molecular formula is C19H20F3N5O2S. The van der Waals surface area contributed by atoms with E-state index >= 15 is 0 Å². The summed E-state index contributed by atoms with van der Waals surface area (Å²) in [5, 5.41) is 0.248. The van der Waals surface area contributed by atoms with Crippen molar-refractivity contribution in [3.8, 4) is 5.75 Å². The van der Waals surface area contributed by atoms with E-state index in [4.69, 9.17) is 0 Å². The molecule has 0 spiro atoms. The Morgan fingerprint density at radius 2 is 1.80 bits per heavy atom. The van der Waals surface area contributed by atoms with E-state index in [0.717, 1.165) is 51.2 Å². The first-order chi connectivity index (χ1) is 14.4. The van der Waals surface area contributed by atoms with Crippen LogP contribution < -0.4 is 15.2 Å². The topological polar surface area (TPSA) is 63.5 Å². The van der Waals surface area contributed by atoms with Gasteiger partial charge in [0.2, 0.25) is 5.95 Å². The fraction of sp³-hybridized carbons (Fsp3) is 0.421. The van der Waals surface area contributed by atoms with Crippen LogP contribution in [0.1, 0.15) is 6.42 Å². The van der Waals surface area contributed by atoms with Crippen molar-refractivity contribution in [3.05, 3.63) is 47.0 Å². The summed E-state index contributed by atoms with van der Waals surface area (Å²) in [6, 6.07) is 5.67. The molecule has 160 valence electrons. The maximum atomic E-state index is 12.5. The Morgan fingerprint density at radius 1 is 1.07 bits per heavy atom. The van der Waals surface area contributed by atoms with Crippen LogP contribution in [-0.2, 0) is 6.54 Å². The highest BCUT2D eigenvalue weighted by atomic mass is 32.1. The fourth-order valence-corrected chi connectivity index (χ4v) is 4.47.